The second-order valence-corrected chi connectivity index (χ2v) is 9.93. The molecule has 0 aliphatic carbocycles. The van der Waals surface area contributed by atoms with Crippen LogP contribution in [-0.2, 0) is 26.0 Å². The molecule has 2 aromatic carbocycles. The van der Waals surface area contributed by atoms with Crippen LogP contribution in [0.5, 0.6) is 0 Å². The molecule has 0 unspecified atom stereocenters. The van der Waals surface area contributed by atoms with Gasteiger partial charge < -0.3 is 10.6 Å². The Morgan fingerprint density at radius 3 is 2.17 bits per heavy atom. The topological polar surface area (TPSA) is 95.6 Å². The molecule has 0 aromatic heterocycles. The summed E-state index contributed by atoms with van der Waals surface area (Å²) < 4.78 is 27.7. The van der Waals surface area contributed by atoms with E-state index < -0.39 is 21.8 Å². The Balaban J connectivity index is 1.48. The summed E-state index contributed by atoms with van der Waals surface area (Å²) in [5.74, 6) is -1.46. The smallest absolute Gasteiger partial charge is 0.313 e. The van der Waals surface area contributed by atoms with Gasteiger partial charge in [-0.25, -0.2) is 8.42 Å². The highest BCUT2D eigenvalue weighted by atomic mass is 79.9. The zero-order valence-corrected chi connectivity index (χ0v) is 18.8. The SMILES string of the molecule is O=C(NCCc1ccc(S(=O)(=O)N2CCCCC2)cc1)C(=O)Nc1ccc(Br)cc1. The number of amides is 2. The third-order valence-electron chi connectivity index (χ3n) is 4.88. The van der Waals surface area contributed by atoms with Gasteiger partial charge in [-0.05, 0) is 61.2 Å². The lowest BCUT2D eigenvalue weighted by atomic mass is 10.1. The van der Waals surface area contributed by atoms with E-state index >= 15 is 0 Å². The van der Waals surface area contributed by atoms with Crippen molar-refractivity contribution in [1.82, 2.24) is 9.62 Å². The van der Waals surface area contributed by atoms with Crippen molar-refractivity contribution in [3.8, 4) is 0 Å². The van der Waals surface area contributed by atoms with E-state index in [-0.39, 0.29) is 11.4 Å². The number of hydrogen-bond acceptors (Lipinski definition) is 4. The van der Waals surface area contributed by atoms with Crippen LogP contribution in [0.25, 0.3) is 0 Å². The molecule has 0 spiro atoms. The Morgan fingerprint density at radius 1 is 0.900 bits per heavy atom. The van der Waals surface area contributed by atoms with Crippen molar-refractivity contribution in [2.45, 2.75) is 30.6 Å². The van der Waals surface area contributed by atoms with Crippen LogP contribution in [0.3, 0.4) is 0 Å². The van der Waals surface area contributed by atoms with E-state index in [0.29, 0.717) is 25.2 Å². The molecule has 0 atom stereocenters. The molecule has 2 amide bonds. The quantitative estimate of drug-likeness (QED) is 0.604. The Kier molecular flexibility index (Phi) is 7.63. The largest absolute Gasteiger partial charge is 0.347 e. The molecule has 1 aliphatic heterocycles. The van der Waals surface area contributed by atoms with Crippen molar-refractivity contribution in [2.75, 3.05) is 25.0 Å². The highest BCUT2D eigenvalue weighted by Crippen LogP contribution is 2.21. The first kappa shape index (κ1) is 22.5. The summed E-state index contributed by atoms with van der Waals surface area (Å²) in [6.45, 7) is 1.40. The van der Waals surface area contributed by atoms with Gasteiger partial charge in [-0.3, -0.25) is 9.59 Å². The van der Waals surface area contributed by atoms with Crippen molar-refractivity contribution < 1.29 is 18.0 Å². The molecule has 0 radical (unpaired) electrons. The molecule has 1 aliphatic rings. The average Bonchev–Trinajstić information content (AvgIpc) is 2.76. The predicted octanol–water partition coefficient (Wildman–Crippen LogP) is 2.92. The van der Waals surface area contributed by atoms with E-state index in [0.717, 1.165) is 29.3 Å². The van der Waals surface area contributed by atoms with E-state index in [1.54, 1.807) is 48.5 Å². The van der Waals surface area contributed by atoms with Crippen molar-refractivity contribution in [3.05, 3.63) is 58.6 Å². The number of nitrogens with one attached hydrogen (secondary N) is 2. The normalized spacial score (nSPS) is 14.8. The van der Waals surface area contributed by atoms with Gasteiger partial charge in [0.05, 0.1) is 4.90 Å². The fourth-order valence-corrected chi connectivity index (χ4v) is 4.99. The third kappa shape index (κ3) is 5.90. The van der Waals surface area contributed by atoms with Crippen LogP contribution in [0.15, 0.2) is 57.9 Å². The predicted molar refractivity (Wildman–Crippen MR) is 119 cm³/mol. The summed E-state index contributed by atoms with van der Waals surface area (Å²) in [5, 5.41) is 5.10. The number of rotatable bonds is 6. The van der Waals surface area contributed by atoms with Crippen LogP contribution in [0, 0.1) is 0 Å². The Morgan fingerprint density at radius 2 is 1.53 bits per heavy atom. The van der Waals surface area contributed by atoms with Gasteiger partial charge in [0.1, 0.15) is 0 Å². The lowest BCUT2D eigenvalue weighted by Gasteiger charge is -2.25. The molecule has 30 heavy (non-hydrogen) atoms. The van der Waals surface area contributed by atoms with Crippen molar-refractivity contribution in [1.29, 1.82) is 0 Å². The maximum atomic E-state index is 12.7. The molecule has 0 saturated carbocycles. The van der Waals surface area contributed by atoms with E-state index in [9.17, 15) is 18.0 Å². The fourth-order valence-electron chi connectivity index (χ4n) is 3.20. The van der Waals surface area contributed by atoms with Gasteiger partial charge in [0, 0.05) is 29.8 Å². The van der Waals surface area contributed by atoms with Gasteiger partial charge in [-0.2, -0.15) is 4.31 Å². The number of benzene rings is 2. The number of anilines is 1. The number of sulfonamides is 1. The molecule has 7 nitrogen and oxygen atoms in total. The maximum Gasteiger partial charge on any atom is 0.313 e. The Hall–Kier alpha value is -2.23. The van der Waals surface area contributed by atoms with Crippen molar-refractivity contribution >= 4 is 43.5 Å². The first-order chi connectivity index (χ1) is 14.4. The van der Waals surface area contributed by atoms with Gasteiger partial charge in [0.15, 0.2) is 0 Å². The van der Waals surface area contributed by atoms with Crippen molar-refractivity contribution in [2.24, 2.45) is 0 Å². The van der Waals surface area contributed by atoms with Crippen LogP contribution in [-0.4, -0.2) is 44.2 Å². The summed E-state index contributed by atoms with van der Waals surface area (Å²) >= 11 is 3.30. The van der Waals surface area contributed by atoms with Crippen LogP contribution in [0.1, 0.15) is 24.8 Å². The minimum absolute atomic E-state index is 0.269. The van der Waals surface area contributed by atoms with E-state index in [4.69, 9.17) is 0 Å². The lowest BCUT2D eigenvalue weighted by Crippen LogP contribution is -2.36. The second kappa shape index (κ2) is 10.2. The molecule has 3 rings (SSSR count). The third-order valence-corrected chi connectivity index (χ3v) is 7.33. The molecular formula is C21H24BrN3O4S. The minimum Gasteiger partial charge on any atom is -0.347 e. The molecular weight excluding hydrogens is 470 g/mol. The molecule has 1 fully saturated rings. The minimum atomic E-state index is -3.45. The summed E-state index contributed by atoms with van der Waals surface area (Å²) in [6, 6.07) is 13.6. The monoisotopic (exact) mass is 493 g/mol. The van der Waals surface area contributed by atoms with E-state index in [1.165, 1.54) is 4.31 Å². The first-order valence-electron chi connectivity index (χ1n) is 9.80. The van der Waals surface area contributed by atoms with Crippen LogP contribution >= 0.6 is 15.9 Å². The molecule has 1 saturated heterocycles. The summed E-state index contributed by atoms with van der Waals surface area (Å²) in [7, 11) is -3.45. The number of carbonyl (C=O) groups excluding carboxylic acids is 2. The maximum absolute atomic E-state index is 12.7. The van der Waals surface area contributed by atoms with Gasteiger partial charge in [0.25, 0.3) is 0 Å². The molecule has 160 valence electrons. The van der Waals surface area contributed by atoms with Gasteiger partial charge in [-0.15, -0.1) is 0 Å². The van der Waals surface area contributed by atoms with Gasteiger partial charge >= 0.3 is 11.8 Å². The summed E-state index contributed by atoms with van der Waals surface area (Å²) in [4.78, 5) is 24.2. The number of halogens is 1. The molecule has 0 bridgehead atoms. The molecule has 2 aromatic rings. The number of carbonyl (C=O) groups is 2. The van der Waals surface area contributed by atoms with Gasteiger partial charge in [0.2, 0.25) is 10.0 Å². The number of nitrogens with zero attached hydrogens (tertiary/aromatic N) is 1. The summed E-state index contributed by atoms with van der Waals surface area (Å²) in [6.07, 6.45) is 3.35. The highest BCUT2D eigenvalue weighted by Gasteiger charge is 2.25. The zero-order chi connectivity index (χ0) is 21.6. The second-order valence-electron chi connectivity index (χ2n) is 7.08. The van der Waals surface area contributed by atoms with Crippen LogP contribution in [0.4, 0.5) is 5.69 Å². The molecule has 9 heteroatoms. The number of hydrogen-bond donors (Lipinski definition) is 2. The Bertz CT molecular complexity index is 986. The average molecular weight is 494 g/mol. The van der Waals surface area contributed by atoms with Crippen LogP contribution in [0.2, 0.25) is 0 Å². The zero-order valence-electron chi connectivity index (χ0n) is 16.4. The Labute approximate surface area is 185 Å². The van der Waals surface area contributed by atoms with Crippen molar-refractivity contribution in [3.63, 3.8) is 0 Å². The van der Waals surface area contributed by atoms with Crippen LogP contribution < -0.4 is 10.6 Å². The fraction of sp³-hybridized carbons (Fsp3) is 0.333. The molecule has 2 N–H and O–H groups in total. The highest BCUT2D eigenvalue weighted by molar-refractivity contribution is 9.10. The van der Waals surface area contributed by atoms with Gasteiger partial charge in [-0.1, -0.05) is 34.5 Å². The summed E-state index contributed by atoms with van der Waals surface area (Å²) in [5.41, 5.74) is 1.41. The van der Waals surface area contributed by atoms with E-state index in [1.807, 2.05) is 0 Å². The van der Waals surface area contributed by atoms with E-state index in [2.05, 4.69) is 26.6 Å². The lowest BCUT2D eigenvalue weighted by molar-refractivity contribution is -0.136. The standard InChI is InChI=1S/C21H24BrN3O4S/c22-17-6-8-18(9-7-17)24-21(27)20(26)23-13-12-16-4-10-19(11-5-16)30(28,29)25-14-2-1-3-15-25/h4-11H,1-3,12-15H2,(H,23,26)(H,24,27). The first-order valence-corrected chi connectivity index (χ1v) is 12.0. The molecule has 1 heterocycles. The number of piperidine rings is 1.